The number of hydrogen-bond donors (Lipinski definition) is 3. The fourth-order valence-electron chi connectivity index (χ4n) is 1.62. The molecule has 20 heavy (non-hydrogen) atoms. The molecule has 0 fully saturated rings. The lowest BCUT2D eigenvalue weighted by molar-refractivity contribution is -0.135. The summed E-state index contributed by atoms with van der Waals surface area (Å²) in [6.45, 7) is 1.79. The van der Waals surface area contributed by atoms with Gasteiger partial charge in [-0.3, -0.25) is 4.79 Å². The first-order valence-corrected chi connectivity index (χ1v) is 6.84. The van der Waals surface area contributed by atoms with Crippen molar-refractivity contribution in [2.24, 2.45) is 0 Å². The lowest BCUT2D eigenvalue weighted by atomic mass is 10.2. The van der Waals surface area contributed by atoms with Crippen LogP contribution in [0.15, 0.2) is 24.3 Å². The van der Waals surface area contributed by atoms with Crippen LogP contribution in [0.25, 0.3) is 10.2 Å². The summed E-state index contributed by atoms with van der Waals surface area (Å²) in [7, 11) is 0. The van der Waals surface area contributed by atoms with Gasteiger partial charge in [0.1, 0.15) is 11.1 Å². The van der Waals surface area contributed by atoms with E-state index in [0.29, 0.717) is 5.01 Å². The monoisotopic (exact) mass is 290 g/mol. The second-order valence-electron chi connectivity index (χ2n) is 4.05. The number of thiazole rings is 1. The first-order valence-electron chi connectivity index (χ1n) is 6.02. The summed E-state index contributed by atoms with van der Waals surface area (Å²) in [5, 5.41) is 22.6. The summed E-state index contributed by atoms with van der Waals surface area (Å²) in [6.07, 6.45) is -2.91. The number of carbonyl (C=O) groups is 1. The van der Waals surface area contributed by atoms with Gasteiger partial charge < -0.3 is 15.5 Å². The van der Waals surface area contributed by atoms with Crippen LogP contribution in [0.4, 0.5) is 0 Å². The van der Waals surface area contributed by atoms with E-state index in [0.717, 1.165) is 10.2 Å². The second-order valence-corrected chi connectivity index (χ2v) is 5.12. The van der Waals surface area contributed by atoms with Crippen molar-refractivity contribution < 1.29 is 15.0 Å². The summed E-state index contributed by atoms with van der Waals surface area (Å²) < 4.78 is 0.894. The van der Waals surface area contributed by atoms with Crippen molar-refractivity contribution in [2.75, 3.05) is 6.54 Å². The minimum atomic E-state index is -1.56. The van der Waals surface area contributed by atoms with E-state index in [1.807, 2.05) is 24.3 Å². The van der Waals surface area contributed by atoms with Crippen LogP contribution in [0.1, 0.15) is 18.0 Å². The van der Waals surface area contributed by atoms with Crippen LogP contribution < -0.4 is 5.32 Å². The number of fused-ring (bicyclic) bond motifs is 1. The highest BCUT2D eigenvalue weighted by Gasteiger charge is 2.27. The average Bonchev–Trinajstić information content (AvgIpc) is 2.89. The molecule has 5 nitrogen and oxygen atoms in total. The number of benzene rings is 1. The smallest absolute Gasteiger partial charge is 0.252 e. The SMILES string of the molecule is CC#CCNC(=O)C(O)C(O)c1nc2ccccc2s1. The Labute approximate surface area is 120 Å². The Hall–Kier alpha value is -1.94. The van der Waals surface area contributed by atoms with Crippen LogP contribution in [0, 0.1) is 11.8 Å². The highest BCUT2D eigenvalue weighted by molar-refractivity contribution is 7.18. The molecule has 3 N–H and O–H groups in total. The highest BCUT2D eigenvalue weighted by atomic mass is 32.1. The fraction of sp³-hybridized carbons (Fsp3) is 0.286. The number of para-hydroxylation sites is 1. The normalized spacial score (nSPS) is 13.3. The number of aliphatic hydroxyl groups is 2. The maximum absolute atomic E-state index is 11.6. The van der Waals surface area contributed by atoms with Crippen molar-refractivity contribution in [3.05, 3.63) is 29.3 Å². The van der Waals surface area contributed by atoms with Crippen molar-refractivity contribution >= 4 is 27.5 Å². The van der Waals surface area contributed by atoms with Gasteiger partial charge in [-0.1, -0.05) is 18.1 Å². The topological polar surface area (TPSA) is 82.5 Å². The third-order valence-corrected chi connectivity index (χ3v) is 3.77. The van der Waals surface area contributed by atoms with Crippen LogP contribution in [0.3, 0.4) is 0 Å². The lowest BCUT2D eigenvalue weighted by Crippen LogP contribution is -2.38. The molecule has 2 atom stereocenters. The zero-order chi connectivity index (χ0) is 14.5. The Morgan fingerprint density at radius 3 is 2.90 bits per heavy atom. The number of hydrogen-bond acceptors (Lipinski definition) is 5. The third-order valence-electron chi connectivity index (χ3n) is 2.66. The van der Waals surface area contributed by atoms with Crippen molar-refractivity contribution in [1.29, 1.82) is 0 Å². The summed E-state index contributed by atoms with van der Waals surface area (Å²) in [5.74, 6) is 4.60. The average molecular weight is 290 g/mol. The standard InChI is InChI=1S/C14H14N2O3S/c1-2-3-8-15-13(19)11(17)12(18)14-16-9-6-4-5-7-10(9)20-14/h4-7,11-12,17-18H,8H2,1H3,(H,15,19). The Morgan fingerprint density at radius 1 is 1.45 bits per heavy atom. The largest absolute Gasteiger partial charge is 0.383 e. The molecule has 1 heterocycles. The molecule has 0 spiro atoms. The van der Waals surface area contributed by atoms with E-state index in [2.05, 4.69) is 22.1 Å². The van der Waals surface area contributed by atoms with E-state index in [1.165, 1.54) is 11.3 Å². The molecule has 0 bridgehead atoms. The van der Waals surface area contributed by atoms with Crippen molar-refractivity contribution in [2.45, 2.75) is 19.1 Å². The van der Waals surface area contributed by atoms with E-state index in [4.69, 9.17) is 0 Å². The highest BCUT2D eigenvalue weighted by Crippen LogP contribution is 2.27. The number of rotatable bonds is 4. The van der Waals surface area contributed by atoms with Crippen LogP contribution in [-0.2, 0) is 4.79 Å². The van der Waals surface area contributed by atoms with Gasteiger partial charge in [-0.2, -0.15) is 0 Å². The molecule has 2 rings (SSSR count). The van der Waals surface area contributed by atoms with Gasteiger partial charge in [-0.15, -0.1) is 17.3 Å². The molecule has 104 valence electrons. The lowest BCUT2D eigenvalue weighted by Gasteiger charge is -2.14. The molecule has 2 unspecified atom stereocenters. The van der Waals surface area contributed by atoms with E-state index in [9.17, 15) is 15.0 Å². The van der Waals surface area contributed by atoms with Gasteiger partial charge in [0, 0.05) is 0 Å². The van der Waals surface area contributed by atoms with Crippen LogP contribution in [0.2, 0.25) is 0 Å². The molecular formula is C14H14N2O3S. The Morgan fingerprint density at radius 2 is 2.20 bits per heavy atom. The zero-order valence-electron chi connectivity index (χ0n) is 10.8. The molecule has 0 saturated heterocycles. The molecule has 1 aromatic heterocycles. The van der Waals surface area contributed by atoms with Crippen molar-refractivity contribution in [3.63, 3.8) is 0 Å². The molecule has 1 amide bonds. The molecule has 2 aromatic rings. The molecule has 6 heteroatoms. The van der Waals surface area contributed by atoms with Gasteiger partial charge in [-0.25, -0.2) is 4.98 Å². The van der Waals surface area contributed by atoms with Gasteiger partial charge in [-0.05, 0) is 19.1 Å². The maximum Gasteiger partial charge on any atom is 0.252 e. The van der Waals surface area contributed by atoms with E-state index in [1.54, 1.807) is 6.92 Å². The van der Waals surface area contributed by atoms with Gasteiger partial charge in [0.15, 0.2) is 6.10 Å². The minimum absolute atomic E-state index is 0.138. The Bertz CT molecular complexity index is 639. The Kier molecular flexibility index (Phi) is 4.69. The summed E-state index contributed by atoms with van der Waals surface area (Å²) in [4.78, 5) is 15.8. The molecular weight excluding hydrogens is 276 g/mol. The zero-order valence-corrected chi connectivity index (χ0v) is 11.6. The summed E-state index contributed by atoms with van der Waals surface area (Å²) in [5.41, 5.74) is 0.732. The van der Waals surface area contributed by atoms with Gasteiger partial charge in [0.25, 0.3) is 5.91 Å². The summed E-state index contributed by atoms with van der Waals surface area (Å²) in [6, 6.07) is 7.38. The first-order chi connectivity index (χ1) is 9.63. The molecule has 1 aromatic carbocycles. The van der Waals surface area contributed by atoms with Crippen LogP contribution in [-0.4, -0.2) is 33.8 Å². The van der Waals surface area contributed by atoms with Crippen molar-refractivity contribution in [3.8, 4) is 11.8 Å². The molecule has 0 aliphatic rings. The number of aromatic nitrogens is 1. The first kappa shape index (κ1) is 14.5. The number of amides is 1. The van der Waals surface area contributed by atoms with Crippen LogP contribution >= 0.6 is 11.3 Å². The number of nitrogens with one attached hydrogen (secondary N) is 1. The molecule has 0 aliphatic heterocycles. The predicted octanol–water partition coefficient (Wildman–Crippen LogP) is 0.830. The molecule has 0 radical (unpaired) electrons. The van der Waals surface area contributed by atoms with Gasteiger partial charge in [0.05, 0.1) is 16.8 Å². The maximum atomic E-state index is 11.6. The third kappa shape index (κ3) is 3.14. The molecule has 0 aliphatic carbocycles. The fourth-order valence-corrected chi connectivity index (χ4v) is 2.60. The second kappa shape index (κ2) is 6.48. The minimum Gasteiger partial charge on any atom is -0.383 e. The van der Waals surface area contributed by atoms with Gasteiger partial charge >= 0.3 is 0 Å². The molecule has 0 saturated carbocycles. The predicted molar refractivity (Wildman–Crippen MR) is 77.0 cm³/mol. The Balaban J connectivity index is 2.10. The van der Waals surface area contributed by atoms with Gasteiger partial charge in [0.2, 0.25) is 0 Å². The van der Waals surface area contributed by atoms with Crippen molar-refractivity contribution in [1.82, 2.24) is 10.3 Å². The van der Waals surface area contributed by atoms with E-state index >= 15 is 0 Å². The summed E-state index contributed by atoms with van der Waals surface area (Å²) >= 11 is 1.25. The quantitative estimate of drug-likeness (QED) is 0.728. The van der Waals surface area contributed by atoms with E-state index < -0.39 is 18.1 Å². The van der Waals surface area contributed by atoms with Crippen LogP contribution in [0.5, 0.6) is 0 Å². The number of carbonyl (C=O) groups excluding carboxylic acids is 1. The van der Waals surface area contributed by atoms with E-state index in [-0.39, 0.29) is 6.54 Å². The number of aliphatic hydroxyl groups excluding tert-OH is 2. The number of nitrogens with zero attached hydrogens (tertiary/aromatic N) is 1.